The number of nitrogens with zero attached hydrogens (tertiary/aromatic N) is 1. The number of primary amides is 1. The standard InChI is InChI=1S/C12H12N2O2/c1-16-8-10-4-2-9(3-5-10)6-11(7-13)12(14)15/h2-6H,8H2,1H3,(H2,14,15). The van der Waals surface area contributed by atoms with Gasteiger partial charge in [-0.2, -0.15) is 5.26 Å². The van der Waals surface area contributed by atoms with Gasteiger partial charge in [-0.25, -0.2) is 0 Å². The fourth-order valence-corrected chi connectivity index (χ4v) is 1.20. The number of hydrogen-bond acceptors (Lipinski definition) is 3. The summed E-state index contributed by atoms with van der Waals surface area (Å²) in [6, 6.07) is 9.08. The van der Waals surface area contributed by atoms with Gasteiger partial charge in [0.05, 0.1) is 6.61 Å². The molecule has 1 amide bonds. The molecule has 1 aromatic carbocycles. The fraction of sp³-hybridized carbons (Fsp3) is 0.167. The van der Waals surface area contributed by atoms with Gasteiger partial charge in [0, 0.05) is 7.11 Å². The highest BCUT2D eigenvalue weighted by Crippen LogP contribution is 2.09. The van der Waals surface area contributed by atoms with Crippen molar-refractivity contribution in [3.8, 4) is 6.07 Å². The zero-order valence-electron chi connectivity index (χ0n) is 8.93. The maximum atomic E-state index is 10.8. The van der Waals surface area contributed by atoms with Crippen molar-refractivity contribution in [2.75, 3.05) is 7.11 Å². The molecule has 0 saturated carbocycles. The second kappa shape index (κ2) is 5.69. The number of nitriles is 1. The highest BCUT2D eigenvalue weighted by molar-refractivity contribution is 6.00. The first-order valence-corrected chi connectivity index (χ1v) is 4.67. The van der Waals surface area contributed by atoms with Crippen molar-refractivity contribution in [3.63, 3.8) is 0 Å². The number of methoxy groups -OCH3 is 1. The van der Waals surface area contributed by atoms with Crippen LogP contribution in [0.5, 0.6) is 0 Å². The van der Waals surface area contributed by atoms with Gasteiger partial charge >= 0.3 is 0 Å². The van der Waals surface area contributed by atoms with E-state index in [0.29, 0.717) is 6.61 Å². The third-order valence-electron chi connectivity index (χ3n) is 1.99. The number of benzene rings is 1. The normalized spacial score (nSPS) is 10.9. The van der Waals surface area contributed by atoms with Crippen molar-refractivity contribution in [1.82, 2.24) is 0 Å². The average Bonchev–Trinajstić information content (AvgIpc) is 2.28. The molecule has 1 aromatic rings. The summed E-state index contributed by atoms with van der Waals surface area (Å²) in [7, 11) is 1.62. The Balaban J connectivity index is 2.90. The van der Waals surface area contributed by atoms with Crippen LogP contribution in [0, 0.1) is 11.3 Å². The quantitative estimate of drug-likeness (QED) is 0.607. The third-order valence-corrected chi connectivity index (χ3v) is 1.99. The van der Waals surface area contributed by atoms with Gasteiger partial charge < -0.3 is 10.5 Å². The predicted molar refractivity (Wildman–Crippen MR) is 59.9 cm³/mol. The molecule has 16 heavy (non-hydrogen) atoms. The summed E-state index contributed by atoms with van der Waals surface area (Å²) in [5.74, 6) is -0.719. The lowest BCUT2D eigenvalue weighted by Gasteiger charge is -2.00. The fourth-order valence-electron chi connectivity index (χ4n) is 1.20. The molecular weight excluding hydrogens is 204 g/mol. The molecular formula is C12H12N2O2. The molecule has 0 aliphatic heterocycles. The van der Waals surface area contributed by atoms with E-state index in [4.69, 9.17) is 15.7 Å². The SMILES string of the molecule is COCc1ccc(C=C(C#N)C(N)=O)cc1. The number of carbonyl (C=O) groups is 1. The van der Waals surface area contributed by atoms with Gasteiger partial charge in [-0.3, -0.25) is 4.79 Å². The van der Waals surface area contributed by atoms with E-state index in [0.717, 1.165) is 11.1 Å². The summed E-state index contributed by atoms with van der Waals surface area (Å²) in [6.07, 6.45) is 1.46. The molecule has 0 unspecified atom stereocenters. The first kappa shape index (κ1) is 12.0. The van der Waals surface area contributed by atoms with Crippen LogP contribution in [0.15, 0.2) is 29.8 Å². The van der Waals surface area contributed by atoms with E-state index >= 15 is 0 Å². The minimum atomic E-state index is -0.719. The Morgan fingerprint density at radius 1 is 1.50 bits per heavy atom. The first-order chi connectivity index (χ1) is 7.67. The third kappa shape index (κ3) is 3.23. The van der Waals surface area contributed by atoms with Crippen molar-refractivity contribution >= 4 is 12.0 Å². The summed E-state index contributed by atoms with van der Waals surface area (Å²) >= 11 is 0. The van der Waals surface area contributed by atoms with E-state index in [2.05, 4.69) is 0 Å². The second-order valence-electron chi connectivity index (χ2n) is 3.21. The maximum absolute atomic E-state index is 10.8. The van der Waals surface area contributed by atoms with Crippen molar-refractivity contribution < 1.29 is 9.53 Å². The Morgan fingerprint density at radius 3 is 2.56 bits per heavy atom. The number of nitrogens with two attached hydrogens (primary N) is 1. The molecule has 0 fully saturated rings. The van der Waals surface area contributed by atoms with Crippen molar-refractivity contribution in [2.24, 2.45) is 5.73 Å². The van der Waals surface area contributed by atoms with Gasteiger partial charge in [-0.15, -0.1) is 0 Å². The highest BCUT2D eigenvalue weighted by Gasteiger charge is 2.02. The zero-order chi connectivity index (χ0) is 12.0. The summed E-state index contributed by atoms with van der Waals surface area (Å²) in [6.45, 7) is 0.533. The van der Waals surface area contributed by atoms with Gasteiger partial charge in [-0.1, -0.05) is 24.3 Å². The Labute approximate surface area is 93.9 Å². The number of carbonyl (C=O) groups excluding carboxylic acids is 1. The van der Waals surface area contributed by atoms with Gasteiger partial charge in [0.15, 0.2) is 0 Å². The summed E-state index contributed by atoms with van der Waals surface area (Å²) in [5.41, 5.74) is 6.75. The second-order valence-corrected chi connectivity index (χ2v) is 3.21. The molecule has 0 atom stereocenters. The zero-order valence-corrected chi connectivity index (χ0v) is 8.93. The van der Waals surface area contributed by atoms with E-state index in [9.17, 15) is 4.79 Å². The Morgan fingerprint density at radius 2 is 2.12 bits per heavy atom. The lowest BCUT2D eigenvalue weighted by molar-refractivity contribution is -0.114. The number of hydrogen-bond donors (Lipinski definition) is 1. The molecule has 0 aromatic heterocycles. The topological polar surface area (TPSA) is 76.1 Å². The van der Waals surface area contributed by atoms with Crippen LogP contribution in [0.2, 0.25) is 0 Å². The van der Waals surface area contributed by atoms with Crippen LogP contribution < -0.4 is 5.73 Å². The molecule has 82 valence electrons. The van der Waals surface area contributed by atoms with Gasteiger partial charge in [0.2, 0.25) is 0 Å². The monoisotopic (exact) mass is 216 g/mol. The van der Waals surface area contributed by atoms with Gasteiger partial charge in [-0.05, 0) is 17.2 Å². The van der Waals surface area contributed by atoms with Crippen molar-refractivity contribution in [3.05, 3.63) is 41.0 Å². The van der Waals surface area contributed by atoms with Crippen LogP contribution in [0.25, 0.3) is 6.08 Å². The molecule has 0 radical (unpaired) electrons. The number of ether oxygens (including phenoxy) is 1. The van der Waals surface area contributed by atoms with E-state index in [1.807, 2.05) is 12.1 Å². The lowest BCUT2D eigenvalue weighted by Crippen LogP contribution is -2.12. The molecule has 2 N–H and O–H groups in total. The Bertz CT molecular complexity index is 441. The minimum absolute atomic E-state index is 0.0560. The molecule has 4 heteroatoms. The van der Waals surface area contributed by atoms with Crippen LogP contribution >= 0.6 is 0 Å². The van der Waals surface area contributed by atoms with E-state index in [1.54, 1.807) is 25.3 Å². The molecule has 0 spiro atoms. The predicted octanol–water partition coefficient (Wildman–Crippen LogP) is 1.23. The smallest absolute Gasteiger partial charge is 0.259 e. The van der Waals surface area contributed by atoms with E-state index < -0.39 is 5.91 Å². The minimum Gasteiger partial charge on any atom is -0.380 e. The van der Waals surface area contributed by atoms with Gasteiger partial charge in [0.1, 0.15) is 11.6 Å². The average molecular weight is 216 g/mol. The van der Waals surface area contributed by atoms with Crippen molar-refractivity contribution in [2.45, 2.75) is 6.61 Å². The maximum Gasteiger partial charge on any atom is 0.259 e. The highest BCUT2D eigenvalue weighted by atomic mass is 16.5. The molecule has 0 aliphatic rings. The van der Waals surface area contributed by atoms with Crippen LogP contribution in [0.4, 0.5) is 0 Å². The molecule has 0 aliphatic carbocycles. The first-order valence-electron chi connectivity index (χ1n) is 4.67. The van der Waals surface area contributed by atoms with Crippen LogP contribution in [-0.2, 0) is 16.1 Å². The van der Waals surface area contributed by atoms with Crippen LogP contribution in [0.3, 0.4) is 0 Å². The lowest BCUT2D eigenvalue weighted by atomic mass is 10.1. The van der Waals surface area contributed by atoms with E-state index in [1.165, 1.54) is 6.08 Å². The summed E-state index contributed by atoms with van der Waals surface area (Å²) in [5, 5.41) is 8.66. The van der Waals surface area contributed by atoms with Gasteiger partial charge in [0.25, 0.3) is 5.91 Å². The summed E-state index contributed by atoms with van der Waals surface area (Å²) in [4.78, 5) is 10.8. The Hall–Kier alpha value is -2.12. The molecule has 4 nitrogen and oxygen atoms in total. The largest absolute Gasteiger partial charge is 0.380 e. The summed E-state index contributed by atoms with van der Waals surface area (Å²) < 4.78 is 4.97. The van der Waals surface area contributed by atoms with Crippen LogP contribution in [0.1, 0.15) is 11.1 Å². The van der Waals surface area contributed by atoms with Crippen LogP contribution in [-0.4, -0.2) is 13.0 Å². The molecule has 0 bridgehead atoms. The number of amides is 1. The molecule has 0 heterocycles. The Kier molecular flexibility index (Phi) is 4.25. The molecule has 1 rings (SSSR count). The molecule has 0 saturated heterocycles. The van der Waals surface area contributed by atoms with Crippen molar-refractivity contribution in [1.29, 1.82) is 5.26 Å². The number of rotatable bonds is 4. The van der Waals surface area contributed by atoms with E-state index in [-0.39, 0.29) is 5.57 Å².